The number of nitrogens with zero attached hydrogens (tertiary/aromatic N) is 2. The predicted octanol–water partition coefficient (Wildman–Crippen LogP) is 2.92. The van der Waals surface area contributed by atoms with E-state index in [1.54, 1.807) is 0 Å². The molecule has 9 heavy (non-hydrogen) atoms. The van der Waals surface area contributed by atoms with Crippen LogP contribution in [0.15, 0.2) is 40.1 Å². The van der Waals surface area contributed by atoms with Crippen LogP contribution in [0.1, 0.15) is 0 Å². The number of halogens is 1. The zero-order valence-corrected chi connectivity index (χ0v) is 5.42. The molecule has 2 nitrogen and oxygen atoms in total. The Morgan fingerprint density at radius 3 is 2.33 bits per heavy atom. The van der Waals surface area contributed by atoms with Gasteiger partial charge in [-0.1, -0.05) is 22.8 Å². The second-order valence-electron chi connectivity index (χ2n) is 1.51. The molecule has 0 unspecified atom stereocenters. The smallest absolute Gasteiger partial charge is 0.0868 e. The van der Waals surface area contributed by atoms with Crippen molar-refractivity contribution in [2.75, 3.05) is 0 Å². The van der Waals surface area contributed by atoms with Crippen molar-refractivity contribution in [3.05, 3.63) is 30.3 Å². The van der Waals surface area contributed by atoms with Crippen LogP contribution in [0.5, 0.6) is 0 Å². The SMILES string of the molecule is ClN=Nc1ccccc1. The Kier molecular flexibility index (Phi) is 2.22. The minimum Gasteiger partial charge on any atom is -0.138 e. The minimum atomic E-state index is 0.771. The molecule has 0 saturated carbocycles. The van der Waals surface area contributed by atoms with Crippen LogP contribution < -0.4 is 0 Å². The quantitative estimate of drug-likeness (QED) is 0.536. The van der Waals surface area contributed by atoms with Crippen molar-refractivity contribution in [3.63, 3.8) is 0 Å². The molecule has 0 aromatic heterocycles. The molecule has 0 saturated heterocycles. The highest BCUT2D eigenvalue weighted by molar-refractivity contribution is 6.14. The fourth-order valence-corrected chi connectivity index (χ4v) is 0.626. The molecule has 1 aromatic rings. The van der Waals surface area contributed by atoms with E-state index in [0.717, 1.165) is 5.69 Å². The fraction of sp³-hybridized carbons (Fsp3) is 0. The van der Waals surface area contributed by atoms with Crippen molar-refractivity contribution >= 4 is 17.5 Å². The van der Waals surface area contributed by atoms with Gasteiger partial charge in [-0.3, -0.25) is 0 Å². The summed E-state index contributed by atoms with van der Waals surface area (Å²) < 4.78 is 3.10. The maximum Gasteiger partial charge on any atom is 0.0868 e. The molecule has 3 heteroatoms. The van der Waals surface area contributed by atoms with Crippen molar-refractivity contribution in [2.45, 2.75) is 0 Å². The van der Waals surface area contributed by atoms with Crippen LogP contribution in [-0.2, 0) is 0 Å². The standard InChI is InChI=1S/C6H5ClN2/c7-9-8-6-4-2-1-3-5-6/h1-5H. The van der Waals surface area contributed by atoms with Gasteiger partial charge in [-0.15, -0.1) is 5.11 Å². The third kappa shape index (κ3) is 1.82. The summed E-state index contributed by atoms with van der Waals surface area (Å²) >= 11 is 4.99. The normalized spacial score (nSPS) is 10.3. The first kappa shape index (κ1) is 6.23. The molecule has 0 aliphatic heterocycles. The maximum absolute atomic E-state index is 4.99. The second kappa shape index (κ2) is 3.20. The molecule has 1 aromatic carbocycles. The van der Waals surface area contributed by atoms with E-state index >= 15 is 0 Å². The molecule has 0 aliphatic rings. The van der Waals surface area contributed by atoms with Gasteiger partial charge in [0, 0.05) is 0 Å². The Morgan fingerprint density at radius 2 is 1.78 bits per heavy atom. The summed E-state index contributed by atoms with van der Waals surface area (Å²) in [4.78, 5) is 0. The van der Waals surface area contributed by atoms with Crippen LogP contribution >= 0.6 is 11.8 Å². The van der Waals surface area contributed by atoms with E-state index in [1.165, 1.54) is 0 Å². The highest BCUT2D eigenvalue weighted by Crippen LogP contribution is 2.09. The van der Waals surface area contributed by atoms with Crippen molar-refractivity contribution in [2.24, 2.45) is 9.75 Å². The first-order valence-electron chi connectivity index (χ1n) is 2.50. The van der Waals surface area contributed by atoms with Crippen molar-refractivity contribution in [3.8, 4) is 0 Å². The molecule has 0 fully saturated rings. The molecule has 0 N–H and O–H groups in total. The summed E-state index contributed by atoms with van der Waals surface area (Å²) in [5.74, 6) is 0. The molecule has 0 aliphatic carbocycles. The molecule has 0 heterocycles. The first-order valence-corrected chi connectivity index (χ1v) is 2.84. The molecule has 46 valence electrons. The lowest BCUT2D eigenvalue weighted by atomic mass is 10.3. The predicted molar refractivity (Wildman–Crippen MR) is 36.8 cm³/mol. The Morgan fingerprint density at radius 1 is 1.11 bits per heavy atom. The van der Waals surface area contributed by atoms with Gasteiger partial charge >= 0.3 is 0 Å². The molecule has 0 amide bonds. The minimum absolute atomic E-state index is 0.771. The van der Waals surface area contributed by atoms with Gasteiger partial charge in [0.15, 0.2) is 0 Å². The summed E-state index contributed by atoms with van der Waals surface area (Å²) in [6.07, 6.45) is 0. The Hall–Kier alpha value is -0.890. The van der Waals surface area contributed by atoms with Gasteiger partial charge < -0.3 is 0 Å². The Balaban J connectivity index is 2.85. The summed E-state index contributed by atoms with van der Waals surface area (Å²) in [6, 6.07) is 9.31. The van der Waals surface area contributed by atoms with E-state index in [2.05, 4.69) is 9.75 Å². The molecule has 0 bridgehead atoms. The van der Waals surface area contributed by atoms with Crippen molar-refractivity contribution in [1.82, 2.24) is 0 Å². The average Bonchev–Trinajstić information content (AvgIpc) is 1.91. The second-order valence-corrected chi connectivity index (χ2v) is 1.66. The van der Waals surface area contributed by atoms with Gasteiger partial charge in [0.1, 0.15) is 0 Å². The summed E-state index contributed by atoms with van der Waals surface area (Å²) in [6.45, 7) is 0. The summed E-state index contributed by atoms with van der Waals surface area (Å²) in [5, 5.41) is 3.60. The van der Waals surface area contributed by atoms with Gasteiger partial charge in [0.25, 0.3) is 0 Å². The molecule has 0 spiro atoms. The van der Waals surface area contributed by atoms with E-state index in [1.807, 2.05) is 30.3 Å². The highest BCUT2D eigenvalue weighted by Gasteiger charge is 1.80. The van der Waals surface area contributed by atoms with Gasteiger partial charge in [0.05, 0.1) is 17.5 Å². The van der Waals surface area contributed by atoms with Crippen molar-refractivity contribution in [1.29, 1.82) is 0 Å². The van der Waals surface area contributed by atoms with Crippen LogP contribution in [0.4, 0.5) is 5.69 Å². The lowest BCUT2D eigenvalue weighted by molar-refractivity contribution is 1.33. The Labute approximate surface area is 58.3 Å². The van der Waals surface area contributed by atoms with Crippen molar-refractivity contribution < 1.29 is 0 Å². The number of hydrogen-bond donors (Lipinski definition) is 0. The third-order valence-electron chi connectivity index (χ3n) is 0.909. The largest absolute Gasteiger partial charge is 0.138 e. The lowest BCUT2D eigenvalue weighted by Gasteiger charge is -1.84. The Bertz CT molecular complexity index is 195. The fourth-order valence-electron chi connectivity index (χ4n) is 0.538. The van der Waals surface area contributed by atoms with Crippen LogP contribution in [0.3, 0.4) is 0 Å². The van der Waals surface area contributed by atoms with Gasteiger partial charge in [-0.25, -0.2) is 0 Å². The molecular weight excluding hydrogens is 136 g/mol. The molecule has 1 rings (SSSR count). The average molecular weight is 141 g/mol. The first-order chi connectivity index (χ1) is 4.43. The maximum atomic E-state index is 4.99. The van der Waals surface area contributed by atoms with Crippen LogP contribution in [0.2, 0.25) is 0 Å². The molecular formula is C6H5ClN2. The zero-order chi connectivity index (χ0) is 6.53. The van der Waals surface area contributed by atoms with E-state index in [0.29, 0.717) is 0 Å². The van der Waals surface area contributed by atoms with Gasteiger partial charge in [-0.05, 0) is 12.1 Å². The molecule has 0 radical (unpaired) electrons. The number of rotatable bonds is 1. The third-order valence-corrected chi connectivity index (χ3v) is 0.985. The van der Waals surface area contributed by atoms with E-state index in [-0.39, 0.29) is 0 Å². The van der Waals surface area contributed by atoms with Crippen LogP contribution in [0.25, 0.3) is 0 Å². The highest BCUT2D eigenvalue weighted by atomic mass is 35.5. The van der Waals surface area contributed by atoms with E-state index in [4.69, 9.17) is 11.8 Å². The monoisotopic (exact) mass is 140 g/mol. The zero-order valence-electron chi connectivity index (χ0n) is 4.66. The van der Waals surface area contributed by atoms with E-state index < -0.39 is 0 Å². The summed E-state index contributed by atoms with van der Waals surface area (Å²) in [7, 11) is 0. The van der Waals surface area contributed by atoms with Gasteiger partial charge in [0.2, 0.25) is 0 Å². The number of hydrogen-bond acceptors (Lipinski definition) is 2. The summed E-state index contributed by atoms with van der Waals surface area (Å²) in [5.41, 5.74) is 0.771. The lowest BCUT2D eigenvalue weighted by Crippen LogP contribution is -1.57. The van der Waals surface area contributed by atoms with Crippen LogP contribution in [0, 0.1) is 0 Å². The van der Waals surface area contributed by atoms with Crippen LogP contribution in [-0.4, -0.2) is 0 Å². The van der Waals surface area contributed by atoms with E-state index in [9.17, 15) is 0 Å². The topological polar surface area (TPSA) is 24.7 Å². The molecule has 0 atom stereocenters. The van der Waals surface area contributed by atoms with Gasteiger partial charge in [-0.2, -0.15) is 0 Å². The number of benzene rings is 1.